The van der Waals surface area contributed by atoms with Gasteiger partial charge in [-0.2, -0.15) is 5.10 Å². The Hall–Kier alpha value is -2.83. The number of rotatable bonds is 6. The van der Waals surface area contributed by atoms with Gasteiger partial charge in [-0.3, -0.25) is 9.59 Å². The van der Waals surface area contributed by atoms with Crippen LogP contribution in [0, 0.1) is 0 Å². The molecule has 0 saturated carbocycles. The molecule has 0 bridgehead atoms. The molecule has 0 spiro atoms. The van der Waals surface area contributed by atoms with Crippen LogP contribution in [0.2, 0.25) is 10.0 Å². The number of halogens is 2. The molecule has 0 saturated heterocycles. The van der Waals surface area contributed by atoms with E-state index >= 15 is 0 Å². The van der Waals surface area contributed by atoms with Crippen LogP contribution in [0.1, 0.15) is 36.7 Å². The molecule has 0 aliphatic carbocycles. The van der Waals surface area contributed by atoms with Gasteiger partial charge in [-0.1, -0.05) is 53.5 Å². The molecule has 1 heterocycles. The van der Waals surface area contributed by atoms with Crippen LogP contribution in [0.4, 0.5) is 0 Å². The van der Waals surface area contributed by atoms with Gasteiger partial charge in [-0.05, 0) is 50.5 Å². The van der Waals surface area contributed by atoms with Gasteiger partial charge in [0.2, 0.25) is 0 Å². The van der Waals surface area contributed by atoms with Gasteiger partial charge in [0.25, 0.3) is 11.5 Å². The first-order chi connectivity index (χ1) is 15.1. The molecule has 32 heavy (non-hydrogen) atoms. The lowest BCUT2D eigenvalue weighted by molar-refractivity contribution is 0.0954. The topological polar surface area (TPSA) is 73.2 Å². The number of benzene rings is 2. The smallest absolute Gasteiger partial charge is 0.278 e. The van der Waals surface area contributed by atoms with E-state index in [1.165, 1.54) is 11.8 Å². The first kappa shape index (κ1) is 23.8. The molecule has 2 aromatic carbocycles. The fraction of sp³-hybridized carbons (Fsp3) is 0.292. The summed E-state index contributed by atoms with van der Waals surface area (Å²) in [6.45, 7) is 6.18. The van der Waals surface area contributed by atoms with Crippen LogP contribution in [0.5, 0.6) is 5.75 Å². The number of hydrogen-bond acceptors (Lipinski definition) is 4. The normalized spacial score (nSPS) is 11.3. The van der Waals surface area contributed by atoms with Gasteiger partial charge in [-0.25, -0.2) is 4.68 Å². The molecule has 1 N–H and O–H groups in total. The summed E-state index contributed by atoms with van der Waals surface area (Å²) in [4.78, 5) is 25.5. The fourth-order valence-electron chi connectivity index (χ4n) is 3.30. The van der Waals surface area contributed by atoms with E-state index in [2.05, 4.69) is 10.4 Å². The number of ether oxygens (including phenoxy) is 1. The van der Waals surface area contributed by atoms with Crippen LogP contribution in [0.15, 0.2) is 53.5 Å². The van der Waals surface area contributed by atoms with Crippen LogP contribution in [0.3, 0.4) is 0 Å². The third kappa shape index (κ3) is 5.14. The van der Waals surface area contributed by atoms with E-state index in [1.54, 1.807) is 24.4 Å². The van der Waals surface area contributed by atoms with Gasteiger partial charge in [0, 0.05) is 6.54 Å². The Kier molecular flexibility index (Phi) is 7.26. The van der Waals surface area contributed by atoms with E-state index in [9.17, 15) is 9.59 Å². The molecule has 0 fully saturated rings. The number of methoxy groups -OCH3 is 1. The summed E-state index contributed by atoms with van der Waals surface area (Å²) in [5, 5.41) is 7.70. The van der Waals surface area contributed by atoms with E-state index in [0.29, 0.717) is 34.3 Å². The second-order valence-corrected chi connectivity index (χ2v) is 9.09. The van der Waals surface area contributed by atoms with Crippen molar-refractivity contribution >= 4 is 29.1 Å². The number of aromatic nitrogens is 2. The molecule has 1 aromatic heterocycles. The van der Waals surface area contributed by atoms with Gasteiger partial charge in [-0.15, -0.1) is 0 Å². The zero-order valence-electron chi connectivity index (χ0n) is 18.4. The highest BCUT2D eigenvalue weighted by Gasteiger charge is 2.21. The Morgan fingerprint density at radius 1 is 1.09 bits per heavy atom. The summed E-state index contributed by atoms with van der Waals surface area (Å²) in [5.41, 5.74) is 1.80. The zero-order chi connectivity index (χ0) is 23.5. The summed E-state index contributed by atoms with van der Waals surface area (Å²) in [6, 6.07) is 12.5. The van der Waals surface area contributed by atoms with Crippen LogP contribution < -0.4 is 15.6 Å². The summed E-state index contributed by atoms with van der Waals surface area (Å²) in [5.74, 6) is 0.105. The predicted molar refractivity (Wildman–Crippen MR) is 128 cm³/mol. The average molecular weight is 474 g/mol. The molecular formula is C24H25Cl2N3O3. The van der Waals surface area contributed by atoms with Crippen molar-refractivity contribution in [2.75, 3.05) is 13.7 Å². The van der Waals surface area contributed by atoms with Crippen molar-refractivity contribution < 1.29 is 9.53 Å². The van der Waals surface area contributed by atoms with Crippen LogP contribution in [-0.2, 0) is 12.0 Å². The molecule has 0 aliphatic heterocycles. The summed E-state index contributed by atoms with van der Waals surface area (Å²) < 4.78 is 6.84. The van der Waals surface area contributed by atoms with E-state index in [0.717, 1.165) is 11.1 Å². The second-order valence-electron chi connectivity index (χ2n) is 8.28. The third-order valence-electron chi connectivity index (χ3n) is 4.93. The largest absolute Gasteiger partial charge is 0.494 e. The number of nitrogens with zero attached hydrogens (tertiary/aromatic N) is 2. The lowest BCUT2D eigenvalue weighted by Crippen LogP contribution is -2.36. The average Bonchev–Trinajstić information content (AvgIpc) is 2.73. The first-order valence-electron chi connectivity index (χ1n) is 10.1. The fourth-order valence-corrected chi connectivity index (χ4v) is 3.87. The molecule has 3 aromatic rings. The Balaban J connectivity index is 1.75. The van der Waals surface area contributed by atoms with Crippen molar-refractivity contribution in [3.8, 4) is 16.9 Å². The minimum absolute atomic E-state index is 0.214. The highest BCUT2D eigenvalue weighted by molar-refractivity contribution is 6.39. The molecule has 168 valence electrons. The molecule has 0 aliphatic rings. The van der Waals surface area contributed by atoms with Gasteiger partial charge >= 0.3 is 0 Å². The highest BCUT2D eigenvalue weighted by Crippen LogP contribution is 2.27. The molecular weight excluding hydrogens is 449 g/mol. The summed E-state index contributed by atoms with van der Waals surface area (Å²) in [6.07, 6.45) is 2.17. The maximum absolute atomic E-state index is 13.1. The SMILES string of the molecule is COc1cnn(C(C)(C)C)c(=O)c1-c1ccc(CCNC(=O)c2c(Cl)cccc2Cl)cc1. The quantitative estimate of drug-likeness (QED) is 0.549. The Bertz CT molecular complexity index is 1160. The van der Waals surface area contributed by atoms with E-state index in [-0.39, 0.29) is 17.0 Å². The molecule has 0 unspecified atom stereocenters. The minimum atomic E-state index is -0.458. The number of nitrogens with one attached hydrogen (secondary N) is 1. The van der Waals surface area contributed by atoms with Crippen LogP contribution in [0.25, 0.3) is 11.1 Å². The number of amides is 1. The molecule has 0 atom stereocenters. The monoisotopic (exact) mass is 473 g/mol. The number of carbonyl (C=O) groups is 1. The minimum Gasteiger partial charge on any atom is -0.494 e. The standard InChI is InChI=1S/C24H25Cl2N3O3/c1-24(2,3)29-23(31)20(19(32-4)14-28-29)16-10-8-15(9-11-16)12-13-27-22(30)21-17(25)6-5-7-18(21)26/h5-11,14H,12-13H2,1-4H3,(H,27,30). The maximum atomic E-state index is 13.1. The van der Waals surface area contributed by atoms with E-state index in [1.807, 2.05) is 45.0 Å². The number of carbonyl (C=O) groups excluding carboxylic acids is 1. The summed E-state index contributed by atoms with van der Waals surface area (Å²) >= 11 is 12.2. The Morgan fingerprint density at radius 3 is 2.28 bits per heavy atom. The van der Waals surface area contributed by atoms with Crippen LogP contribution in [-0.4, -0.2) is 29.3 Å². The second kappa shape index (κ2) is 9.76. The van der Waals surface area contributed by atoms with Crippen molar-refractivity contribution in [1.82, 2.24) is 15.1 Å². The van der Waals surface area contributed by atoms with E-state index < -0.39 is 5.54 Å². The third-order valence-corrected chi connectivity index (χ3v) is 5.56. The lowest BCUT2D eigenvalue weighted by atomic mass is 10.0. The van der Waals surface area contributed by atoms with Gasteiger partial charge in [0.15, 0.2) is 5.75 Å². The van der Waals surface area contributed by atoms with E-state index in [4.69, 9.17) is 27.9 Å². The van der Waals surface area contributed by atoms with Crippen LogP contribution >= 0.6 is 23.2 Å². The lowest BCUT2D eigenvalue weighted by Gasteiger charge is -2.22. The summed E-state index contributed by atoms with van der Waals surface area (Å²) in [7, 11) is 1.52. The molecule has 8 heteroatoms. The number of hydrogen-bond donors (Lipinski definition) is 1. The van der Waals surface area contributed by atoms with Crippen molar-refractivity contribution in [2.24, 2.45) is 0 Å². The molecule has 3 rings (SSSR count). The maximum Gasteiger partial charge on any atom is 0.278 e. The van der Waals surface area contributed by atoms with Crippen molar-refractivity contribution in [1.29, 1.82) is 0 Å². The molecule has 1 amide bonds. The predicted octanol–water partition coefficient (Wildman–Crippen LogP) is 4.95. The zero-order valence-corrected chi connectivity index (χ0v) is 19.9. The van der Waals surface area contributed by atoms with Gasteiger partial charge < -0.3 is 10.1 Å². The Labute approximate surface area is 197 Å². The van der Waals surface area contributed by atoms with Gasteiger partial charge in [0.05, 0.1) is 40.0 Å². The highest BCUT2D eigenvalue weighted by atomic mass is 35.5. The van der Waals surface area contributed by atoms with Crippen molar-refractivity contribution in [2.45, 2.75) is 32.7 Å². The first-order valence-corrected chi connectivity index (χ1v) is 10.9. The molecule has 0 radical (unpaired) electrons. The molecule has 6 nitrogen and oxygen atoms in total. The Morgan fingerprint density at radius 2 is 1.72 bits per heavy atom. The van der Waals surface area contributed by atoms with Crippen molar-refractivity contribution in [3.05, 3.63) is 80.2 Å². The van der Waals surface area contributed by atoms with Crippen molar-refractivity contribution in [3.63, 3.8) is 0 Å². The van der Waals surface area contributed by atoms with Gasteiger partial charge in [0.1, 0.15) is 0 Å².